The zero-order chi connectivity index (χ0) is 34.3. The predicted octanol–water partition coefficient (Wildman–Crippen LogP) is 7.25. The minimum Gasteiger partial charge on any atom is -0.493 e. The number of aromatic nitrogens is 2. The summed E-state index contributed by atoms with van der Waals surface area (Å²) in [4.78, 5) is 35.5. The van der Waals surface area contributed by atoms with Crippen LogP contribution in [0.1, 0.15) is 30.1 Å². The van der Waals surface area contributed by atoms with Gasteiger partial charge in [0.15, 0.2) is 11.5 Å². The summed E-state index contributed by atoms with van der Waals surface area (Å²) in [6, 6.07) is 15.0. The Hall–Kier alpha value is -5.62. The van der Waals surface area contributed by atoms with E-state index in [-0.39, 0.29) is 28.6 Å². The summed E-state index contributed by atoms with van der Waals surface area (Å²) in [7, 11) is 1.74. The average Bonchev–Trinajstić information content (AvgIpc) is 3.10. The molecule has 0 saturated carbocycles. The SMILES string of the molecule is CCOc1ccn(-c2ccc(F)cc2)c(=O)c1C(=O)Nc1ccc(Oc2ccnc3cc(OCCC/C=N\C)c4c(c23)OCCO4)cc1Cl. The maximum Gasteiger partial charge on any atom is 0.271 e. The van der Waals surface area contributed by atoms with Crippen molar-refractivity contribution in [3.05, 3.63) is 99.8 Å². The summed E-state index contributed by atoms with van der Waals surface area (Å²) < 4.78 is 44.6. The van der Waals surface area contributed by atoms with Crippen LogP contribution in [0.2, 0.25) is 5.02 Å². The highest BCUT2D eigenvalue weighted by molar-refractivity contribution is 6.34. The van der Waals surface area contributed by atoms with Crippen LogP contribution in [-0.2, 0) is 0 Å². The van der Waals surface area contributed by atoms with Crippen LogP contribution in [-0.4, -0.2) is 55.1 Å². The fourth-order valence-corrected chi connectivity index (χ4v) is 5.45. The Morgan fingerprint density at radius 2 is 1.84 bits per heavy atom. The van der Waals surface area contributed by atoms with Crippen molar-refractivity contribution in [2.75, 3.05) is 38.8 Å². The van der Waals surface area contributed by atoms with E-state index in [9.17, 15) is 14.0 Å². The van der Waals surface area contributed by atoms with Crippen molar-refractivity contribution in [2.24, 2.45) is 4.99 Å². The van der Waals surface area contributed by atoms with Crippen molar-refractivity contribution >= 4 is 40.3 Å². The monoisotopic (exact) mass is 686 g/mol. The van der Waals surface area contributed by atoms with Crippen molar-refractivity contribution in [1.29, 1.82) is 0 Å². The summed E-state index contributed by atoms with van der Waals surface area (Å²) in [5.74, 6) is 1.18. The van der Waals surface area contributed by atoms with E-state index in [1.54, 1.807) is 44.4 Å². The van der Waals surface area contributed by atoms with Crippen LogP contribution < -0.4 is 34.6 Å². The molecule has 0 saturated heterocycles. The third-order valence-electron chi connectivity index (χ3n) is 7.46. The average molecular weight is 687 g/mol. The van der Waals surface area contributed by atoms with Crippen molar-refractivity contribution in [3.63, 3.8) is 0 Å². The first-order chi connectivity index (χ1) is 23.9. The van der Waals surface area contributed by atoms with Gasteiger partial charge in [0.25, 0.3) is 11.5 Å². The van der Waals surface area contributed by atoms with E-state index in [2.05, 4.69) is 15.3 Å². The van der Waals surface area contributed by atoms with Crippen molar-refractivity contribution < 1.29 is 32.9 Å². The molecule has 252 valence electrons. The third kappa shape index (κ3) is 7.29. The molecule has 0 spiro atoms. The zero-order valence-corrected chi connectivity index (χ0v) is 27.5. The predicted molar refractivity (Wildman–Crippen MR) is 185 cm³/mol. The van der Waals surface area contributed by atoms with Crippen molar-refractivity contribution in [1.82, 2.24) is 9.55 Å². The summed E-state index contributed by atoms with van der Waals surface area (Å²) >= 11 is 6.62. The van der Waals surface area contributed by atoms with Gasteiger partial charge in [-0.15, -0.1) is 0 Å². The van der Waals surface area contributed by atoms with Gasteiger partial charge in [0, 0.05) is 37.3 Å². The zero-order valence-electron chi connectivity index (χ0n) is 26.7. The Labute approximate surface area is 285 Å². The number of hydrogen-bond acceptors (Lipinski definition) is 9. The molecule has 0 unspecified atom stereocenters. The number of rotatable bonds is 12. The highest BCUT2D eigenvalue weighted by Crippen LogP contribution is 2.48. The highest BCUT2D eigenvalue weighted by Gasteiger charge is 2.25. The van der Waals surface area contributed by atoms with E-state index < -0.39 is 17.3 Å². The van der Waals surface area contributed by atoms with Crippen LogP contribution >= 0.6 is 11.6 Å². The number of hydrogen-bond donors (Lipinski definition) is 1. The van der Waals surface area contributed by atoms with Gasteiger partial charge in [-0.3, -0.25) is 19.1 Å². The van der Waals surface area contributed by atoms with Gasteiger partial charge in [-0.2, -0.15) is 0 Å². The summed E-state index contributed by atoms with van der Waals surface area (Å²) in [5, 5.41) is 3.46. The Kier molecular flexibility index (Phi) is 10.2. The Morgan fingerprint density at radius 3 is 2.59 bits per heavy atom. The minimum absolute atomic E-state index is 0.0954. The number of carbonyl (C=O) groups is 1. The van der Waals surface area contributed by atoms with E-state index in [1.807, 2.05) is 6.21 Å². The Balaban J connectivity index is 1.26. The number of nitrogens with one attached hydrogen (secondary N) is 1. The lowest BCUT2D eigenvalue weighted by Crippen LogP contribution is -2.29. The number of carbonyl (C=O) groups excluding carboxylic acids is 1. The van der Waals surface area contributed by atoms with Crippen molar-refractivity contribution in [3.8, 4) is 40.2 Å². The summed E-state index contributed by atoms with van der Waals surface area (Å²) in [6.45, 7) is 3.13. The molecule has 0 radical (unpaired) electrons. The maximum atomic E-state index is 13.5. The first-order valence-electron chi connectivity index (χ1n) is 15.6. The van der Waals surface area contributed by atoms with Crippen LogP contribution in [0.15, 0.2) is 82.8 Å². The van der Waals surface area contributed by atoms with E-state index >= 15 is 0 Å². The molecule has 0 atom stereocenters. The molecule has 3 heterocycles. The standard InChI is InChI=1S/C36H32ClFN4O7/c1-3-45-28-13-16-42(23-8-6-22(38)7-9-23)36(44)32(28)35(43)41-26-11-10-24(20-25(26)37)49-29-12-15-40-27-21-30(46-17-5-4-14-39-2)33-34(31(27)29)48-19-18-47-33/h6-16,20-21H,3-5,17-19H2,1-2H3,(H,41,43)/b39-14-. The minimum atomic E-state index is -0.735. The van der Waals surface area contributed by atoms with Gasteiger partial charge >= 0.3 is 0 Å². The number of unbranched alkanes of at least 4 members (excludes halogenated alkanes) is 1. The molecule has 0 aliphatic carbocycles. The topological polar surface area (TPSA) is 123 Å². The van der Waals surface area contributed by atoms with Crippen LogP contribution in [0.3, 0.4) is 0 Å². The lowest BCUT2D eigenvalue weighted by Gasteiger charge is -2.23. The first-order valence-corrected chi connectivity index (χ1v) is 15.9. The number of fused-ring (bicyclic) bond motifs is 3. The quantitative estimate of drug-likeness (QED) is 0.108. The van der Waals surface area contributed by atoms with Crippen LogP contribution in [0.4, 0.5) is 10.1 Å². The van der Waals surface area contributed by atoms with Gasteiger partial charge in [-0.1, -0.05) is 11.6 Å². The molecule has 1 aliphatic rings. The number of anilines is 1. The molecule has 13 heteroatoms. The molecule has 5 aromatic rings. The molecule has 2 aromatic heterocycles. The number of halogens is 2. The number of aliphatic imine (C=N–C) groups is 1. The summed E-state index contributed by atoms with van der Waals surface area (Å²) in [6.07, 6.45) is 6.49. The molecule has 1 amide bonds. The Morgan fingerprint density at radius 1 is 1.04 bits per heavy atom. The number of ether oxygens (including phenoxy) is 5. The van der Waals surface area contributed by atoms with E-state index in [4.69, 9.17) is 35.3 Å². The second-order valence-electron chi connectivity index (χ2n) is 10.7. The number of benzene rings is 3. The van der Waals surface area contributed by atoms with Gasteiger partial charge in [0.2, 0.25) is 5.75 Å². The van der Waals surface area contributed by atoms with E-state index in [0.29, 0.717) is 65.2 Å². The molecule has 6 rings (SSSR count). The molecule has 1 N–H and O–H groups in total. The largest absolute Gasteiger partial charge is 0.493 e. The fourth-order valence-electron chi connectivity index (χ4n) is 5.23. The smallest absolute Gasteiger partial charge is 0.271 e. The molecule has 3 aromatic carbocycles. The molecule has 0 bridgehead atoms. The van der Waals surface area contributed by atoms with Gasteiger partial charge in [0.05, 0.1) is 34.8 Å². The lowest BCUT2D eigenvalue weighted by atomic mass is 10.1. The van der Waals surface area contributed by atoms with Gasteiger partial charge in [0.1, 0.15) is 41.8 Å². The molecule has 11 nitrogen and oxygen atoms in total. The van der Waals surface area contributed by atoms with E-state index in [0.717, 1.165) is 12.8 Å². The molecule has 0 fully saturated rings. The highest BCUT2D eigenvalue weighted by atomic mass is 35.5. The molecular formula is C36H32ClFN4O7. The normalized spacial score (nSPS) is 12.2. The number of nitrogens with zero attached hydrogens (tertiary/aromatic N) is 3. The van der Waals surface area contributed by atoms with Crippen molar-refractivity contribution in [2.45, 2.75) is 19.8 Å². The van der Waals surface area contributed by atoms with Gasteiger partial charge in [-0.25, -0.2) is 4.39 Å². The first kappa shape index (κ1) is 33.3. The maximum absolute atomic E-state index is 13.5. The van der Waals surface area contributed by atoms with Crippen LogP contribution in [0, 0.1) is 5.82 Å². The molecule has 1 aliphatic heterocycles. The number of pyridine rings is 2. The lowest BCUT2D eigenvalue weighted by molar-refractivity contribution is 0.102. The Bertz CT molecular complexity index is 2090. The second-order valence-corrected chi connectivity index (χ2v) is 11.1. The fraction of sp³-hybridized carbons (Fsp3) is 0.222. The van der Waals surface area contributed by atoms with Gasteiger partial charge in [-0.05, 0) is 74.5 Å². The second kappa shape index (κ2) is 15.1. The van der Waals surface area contributed by atoms with Crippen LogP contribution in [0.25, 0.3) is 16.6 Å². The molecule has 49 heavy (non-hydrogen) atoms. The van der Waals surface area contributed by atoms with E-state index in [1.165, 1.54) is 47.2 Å². The van der Waals surface area contributed by atoms with Crippen LogP contribution in [0.5, 0.6) is 34.5 Å². The van der Waals surface area contributed by atoms with Gasteiger partial charge < -0.3 is 34.0 Å². The molecular weight excluding hydrogens is 655 g/mol. The summed E-state index contributed by atoms with van der Waals surface area (Å²) in [5.41, 5.74) is 0.314. The third-order valence-corrected chi connectivity index (χ3v) is 7.78. The number of amides is 1.